The van der Waals surface area contributed by atoms with E-state index in [1.165, 1.54) is 6.92 Å². The molecule has 0 aromatic heterocycles. The molecule has 2 rings (SSSR count). The minimum Gasteiger partial charge on any atom is -0.302 e. The number of hydrogen-bond acceptors (Lipinski definition) is 4. The fourth-order valence-corrected chi connectivity index (χ4v) is 4.53. The molecule has 1 aliphatic rings. The zero-order valence-electron chi connectivity index (χ0n) is 10.2. The molecule has 1 aromatic rings. The number of benzene rings is 1. The van der Waals surface area contributed by atoms with Gasteiger partial charge in [-0.25, -0.2) is 8.42 Å². The molecule has 0 bridgehead atoms. The van der Waals surface area contributed by atoms with Crippen LogP contribution in [0.2, 0.25) is 5.02 Å². The minimum atomic E-state index is -3.45. The molecule has 0 amide bonds. The van der Waals surface area contributed by atoms with Gasteiger partial charge < -0.3 is 4.79 Å². The average molecular weight is 298 g/mol. The third-order valence-electron chi connectivity index (χ3n) is 3.59. The first-order valence-corrected chi connectivity index (χ1v) is 7.87. The van der Waals surface area contributed by atoms with Gasteiger partial charge in [0.25, 0.3) is 0 Å². The molecule has 1 aliphatic carbocycles. The van der Waals surface area contributed by atoms with Crippen LogP contribution in [-0.4, -0.2) is 25.7 Å². The summed E-state index contributed by atoms with van der Waals surface area (Å²) in [5, 5.41) is 8.77. The maximum absolute atomic E-state index is 12.0. The summed E-state index contributed by atoms with van der Waals surface area (Å²) in [7, 11) is -3.45. The largest absolute Gasteiger partial charge is 0.302 e. The number of sulfone groups is 1. The molecule has 0 heterocycles. The number of nitrogens with zero attached hydrogens (tertiary/aromatic N) is 1. The number of nitriles is 1. The van der Waals surface area contributed by atoms with Crippen molar-refractivity contribution in [2.75, 3.05) is 5.75 Å². The van der Waals surface area contributed by atoms with Crippen molar-refractivity contribution in [3.8, 4) is 6.07 Å². The number of hydrogen-bond donors (Lipinski definition) is 0. The summed E-state index contributed by atoms with van der Waals surface area (Å²) in [5.41, 5.74) is -0.803. The zero-order valence-corrected chi connectivity index (χ0v) is 11.8. The van der Waals surface area contributed by atoms with Crippen LogP contribution in [0.4, 0.5) is 0 Å². The SMILES string of the molecule is CCS(=O)(=O)[C@H]1[C@H](c2ccc(Cl)cc2)[C@@]1(C#N)C=O. The molecule has 0 radical (unpaired) electrons. The number of carbonyl (C=O) groups excluding carboxylic acids is 1. The van der Waals surface area contributed by atoms with E-state index >= 15 is 0 Å². The van der Waals surface area contributed by atoms with E-state index in [4.69, 9.17) is 11.6 Å². The molecule has 0 spiro atoms. The summed E-state index contributed by atoms with van der Waals surface area (Å²) in [5.74, 6) is -0.684. The van der Waals surface area contributed by atoms with Crippen LogP contribution in [0.1, 0.15) is 18.4 Å². The number of halogens is 1. The quantitative estimate of drug-likeness (QED) is 0.796. The van der Waals surface area contributed by atoms with E-state index in [-0.39, 0.29) is 5.75 Å². The van der Waals surface area contributed by atoms with Crippen molar-refractivity contribution in [2.24, 2.45) is 5.41 Å². The lowest BCUT2D eigenvalue weighted by Crippen LogP contribution is -2.17. The van der Waals surface area contributed by atoms with E-state index in [0.717, 1.165) is 0 Å². The third kappa shape index (κ3) is 2.05. The lowest BCUT2D eigenvalue weighted by Gasteiger charge is -2.00. The molecule has 0 N–H and O–H groups in total. The van der Waals surface area contributed by atoms with Gasteiger partial charge in [0.2, 0.25) is 0 Å². The minimum absolute atomic E-state index is 0.0843. The standard InChI is InChI=1S/C13H12ClNO3S/c1-2-19(17,18)12-11(13(12,7-15)8-16)9-3-5-10(14)6-4-9/h3-6,8,11-12H,2H2,1H3/t11-,12-,13+/m0/s1. The maximum atomic E-state index is 12.0. The molecule has 4 nitrogen and oxygen atoms in total. The van der Waals surface area contributed by atoms with Gasteiger partial charge in [-0.15, -0.1) is 0 Å². The normalized spacial score (nSPS) is 29.5. The van der Waals surface area contributed by atoms with Crippen LogP contribution < -0.4 is 0 Å². The first kappa shape index (κ1) is 14.0. The molecule has 3 atom stereocenters. The Bertz CT molecular complexity index is 647. The average Bonchev–Trinajstić information content (AvgIpc) is 3.10. The summed E-state index contributed by atoms with van der Waals surface area (Å²) < 4.78 is 24.0. The molecule has 0 unspecified atom stereocenters. The molecular formula is C13H12ClNO3S. The number of aldehydes is 1. The topological polar surface area (TPSA) is 75.0 Å². The highest BCUT2D eigenvalue weighted by Crippen LogP contribution is 2.61. The molecule has 1 fully saturated rings. The van der Waals surface area contributed by atoms with Gasteiger partial charge >= 0.3 is 0 Å². The van der Waals surface area contributed by atoms with E-state index in [1.807, 2.05) is 6.07 Å². The smallest absolute Gasteiger partial charge is 0.155 e. The van der Waals surface area contributed by atoms with Crippen LogP contribution in [0.25, 0.3) is 0 Å². The Labute approximate surface area is 116 Å². The van der Waals surface area contributed by atoms with Crippen molar-refractivity contribution in [1.29, 1.82) is 5.26 Å². The summed E-state index contributed by atoms with van der Waals surface area (Å²) >= 11 is 5.78. The molecule has 100 valence electrons. The van der Waals surface area contributed by atoms with Crippen LogP contribution >= 0.6 is 11.6 Å². The van der Waals surface area contributed by atoms with Gasteiger partial charge in [0.15, 0.2) is 9.84 Å². The van der Waals surface area contributed by atoms with Crippen LogP contribution in [0.15, 0.2) is 24.3 Å². The molecule has 0 aliphatic heterocycles. The highest BCUT2D eigenvalue weighted by atomic mass is 35.5. The number of carbonyl (C=O) groups is 1. The van der Waals surface area contributed by atoms with E-state index in [2.05, 4.69) is 0 Å². The Hall–Kier alpha value is -1.38. The first-order valence-electron chi connectivity index (χ1n) is 5.77. The van der Waals surface area contributed by atoms with Crippen molar-refractivity contribution in [3.05, 3.63) is 34.9 Å². The fourth-order valence-electron chi connectivity index (χ4n) is 2.48. The van der Waals surface area contributed by atoms with Crippen LogP contribution in [0.5, 0.6) is 0 Å². The van der Waals surface area contributed by atoms with Crippen LogP contribution in [0, 0.1) is 16.7 Å². The van der Waals surface area contributed by atoms with E-state index in [1.54, 1.807) is 24.3 Å². The molecule has 0 saturated heterocycles. The predicted octanol–water partition coefficient (Wildman–Crippen LogP) is 1.95. The third-order valence-corrected chi connectivity index (χ3v) is 6.08. The van der Waals surface area contributed by atoms with Crippen LogP contribution in [0.3, 0.4) is 0 Å². The predicted molar refractivity (Wildman–Crippen MR) is 71.6 cm³/mol. The van der Waals surface area contributed by atoms with Crippen molar-refractivity contribution in [3.63, 3.8) is 0 Å². The van der Waals surface area contributed by atoms with Gasteiger partial charge in [-0.3, -0.25) is 0 Å². The second-order valence-corrected chi connectivity index (χ2v) is 7.41. The Morgan fingerprint density at radius 2 is 2.00 bits per heavy atom. The second kappa shape index (κ2) is 4.62. The molecule has 1 saturated carbocycles. The highest BCUT2D eigenvalue weighted by molar-refractivity contribution is 7.92. The monoisotopic (exact) mass is 297 g/mol. The van der Waals surface area contributed by atoms with Gasteiger partial charge in [-0.2, -0.15) is 5.26 Å². The lowest BCUT2D eigenvalue weighted by atomic mass is 10.0. The van der Waals surface area contributed by atoms with Gasteiger partial charge in [0, 0.05) is 16.7 Å². The summed E-state index contributed by atoms with van der Waals surface area (Å²) in [4.78, 5) is 11.2. The van der Waals surface area contributed by atoms with E-state index in [0.29, 0.717) is 16.9 Å². The molecular weight excluding hydrogens is 286 g/mol. The van der Waals surface area contributed by atoms with Crippen LogP contribution in [-0.2, 0) is 14.6 Å². The Balaban J connectivity index is 2.49. The van der Waals surface area contributed by atoms with E-state index < -0.39 is 26.4 Å². The van der Waals surface area contributed by atoms with Gasteiger partial charge in [0.05, 0.1) is 11.3 Å². The molecule has 1 aromatic carbocycles. The first-order chi connectivity index (χ1) is 8.93. The maximum Gasteiger partial charge on any atom is 0.155 e. The Morgan fingerprint density at radius 1 is 1.42 bits per heavy atom. The van der Waals surface area contributed by atoms with Crippen molar-refractivity contribution < 1.29 is 13.2 Å². The summed E-state index contributed by atoms with van der Waals surface area (Å²) in [6, 6.07) is 8.44. The summed E-state index contributed by atoms with van der Waals surface area (Å²) in [6.07, 6.45) is 0.462. The highest BCUT2D eigenvalue weighted by Gasteiger charge is 2.72. The lowest BCUT2D eigenvalue weighted by molar-refractivity contribution is -0.110. The van der Waals surface area contributed by atoms with Gasteiger partial charge in [-0.1, -0.05) is 30.7 Å². The van der Waals surface area contributed by atoms with Gasteiger partial charge in [0.1, 0.15) is 11.7 Å². The Morgan fingerprint density at radius 3 is 2.42 bits per heavy atom. The van der Waals surface area contributed by atoms with Crippen molar-refractivity contribution >= 4 is 27.7 Å². The summed E-state index contributed by atoms with van der Waals surface area (Å²) in [6.45, 7) is 1.51. The van der Waals surface area contributed by atoms with Crippen molar-refractivity contribution in [2.45, 2.75) is 18.1 Å². The number of rotatable bonds is 4. The fraction of sp³-hybridized carbons (Fsp3) is 0.385. The van der Waals surface area contributed by atoms with Crippen molar-refractivity contribution in [1.82, 2.24) is 0 Å². The van der Waals surface area contributed by atoms with E-state index in [9.17, 15) is 18.5 Å². The zero-order chi connectivity index (χ0) is 14.3. The molecule has 6 heteroatoms. The molecule has 19 heavy (non-hydrogen) atoms. The second-order valence-electron chi connectivity index (χ2n) is 4.56. The Kier molecular flexibility index (Phi) is 3.41. The van der Waals surface area contributed by atoms with Gasteiger partial charge in [-0.05, 0) is 17.7 Å².